The average molecular weight is 349 g/mol. The van der Waals surface area contributed by atoms with Crippen molar-refractivity contribution in [3.8, 4) is 0 Å². The van der Waals surface area contributed by atoms with Crippen molar-refractivity contribution in [1.82, 2.24) is 4.72 Å². The molecule has 1 heterocycles. The Labute approximate surface area is 133 Å². The smallest absolute Gasteiger partial charge is 0.336 e. The summed E-state index contributed by atoms with van der Waals surface area (Å²) in [4.78, 5) is 10.8. The first-order valence-corrected chi connectivity index (χ1v) is 10.3. The van der Waals surface area contributed by atoms with Gasteiger partial charge < -0.3 is 5.11 Å². The summed E-state index contributed by atoms with van der Waals surface area (Å²) in [7, 11) is -3.63. The van der Waals surface area contributed by atoms with Crippen LogP contribution in [-0.4, -0.2) is 37.0 Å². The van der Waals surface area contributed by atoms with Crippen LogP contribution < -0.4 is 4.72 Å². The van der Waals surface area contributed by atoms with E-state index in [1.54, 1.807) is 11.8 Å². The Bertz CT molecular complexity index is 603. The van der Waals surface area contributed by atoms with Crippen LogP contribution in [0.2, 0.25) is 0 Å². The third-order valence-corrected chi connectivity index (χ3v) is 8.13. The quantitative estimate of drug-likeness (QED) is 0.825. The largest absolute Gasteiger partial charge is 0.478 e. The standard InChI is InChI=1S/C13H19NO4S3/c1-19-13(5-3-2-4-6-13)9-14-21(17,18)11-7-10(8-20-11)12(15)16/h7-8,14H,2-6,9H2,1H3,(H,15,16). The first-order chi connectivity index (χ1) is 9.88. The molecule has 8 heteroatoms. The highest BCUT2D eigenvalue weighted by Crippen LogP contribution is 2.38. The molecule has 1 aliphatic rings. The molecule has 0 bridgehead atoms. The van der Waals surface area contributed by atoms with E-state index in [0.29, 0.717) is 6.54 Å². The molecular formula is C13H19NO4S3. The number of carboxylic acids is 1. The zero-order valence-electron chi connectivity index (χ0n) is 11.8. The molecule has 2 N–H and O–H groups in total. The molecule has 0 radical (unpaired) electrons. The van der Waals surface area contributed by atoms with Crippen LogP contribution >= 0.6 is 23.1 Å². The maximum absolute atomic E-state index is 12.3. The molecular weight excluding hydrogens is 330 g/mol. The van der Waals surface area contributed by atoms with Crippen molar-refractivity contribution in [2.45, 2.75) is 41.1 Å². The van der Waals surface area contributed by atoms with Gasteiger partial charge in [0.1, 0.15) is 4.21 Å². The molecule has 1 saturated carbocycles. The summed E-state index contributed by atoms with van der Waals surface area (Å²) in [5.74, 6) is -1.11. The number of carboxylic acid groups (broad SMARTS) is 1. The van der Waals surface area contributed by atoms with Crippen LogP contribution in [0.25, 0.3) is 0 Å². The number of hydrogen-bond acceptors (Lipinski definition) is 5. The van der Waals surface area contributed by atoms with Crippen molar-refractivity contribution in [3.05, 3.63) is 17.0 Å². The van der Waals surface area contributed by atoms with Gasteiger partial charge in [0.05, 0.1) is 5.56 Å². The number of carbonyl (C=O) groups is 1. The molecule has 1 aromatic rings. The lowest BCUT2D eigenvalue weighted by atomic mass is 9.88. The number of sulfonamides is 1. The Morgan fingerprint density at radius 3 is 2.62 bits per heavy atom. The van der Waals surface area contributed by atoms with Crippen LogP contribution in [0.15, 0.2) is 15.7 Å². The lowest BCUT2D eigenvalue weighted by Gasteiger charge is -2.35. The van der Waals surface area contributed by atoms with Crippen LogP contribution in [0, 0.1) is 0 Å². The third kappa shape index (κ3) is 4.00. The maximum Gasteiger partial charge on any atom is 0.336 e. The Kier molecular flexibility index (Phi) is 5.34. The minimum Gasteiger partial charge on any atom is -0.478 e. The Morgan fingerprint density at radius 1 is 1.43 bits per heavy atom. The van der Waals surface area contributed by atoms with Crippen LogP contribution in [0.3, 0.4) is 0 Å². The fourth-order valence-corrected chi connectivity index (χ4v) is 5.85. The number of nitrogens with one attached hydrogen (secondary N) is 1. The molecule has 1 aliphatic carbocycles. The van der Waals surface area contributed by atoms with Gasteiger partial charge in [0.25, 0.3) is 0 Å². The van der Waals surface area contributed by atoms with Crippen molar-refractivity contribution >= 4 is 39.1 Å². The highest BCUT2D eigenvalue weighted by molar-refractivity contribution is 8.00. The fraction of sp³-hybridized carbons (Fsp3) is 0.615. The van der Waals surface area contributed by atoms with Gasteiger partial charge in [-0.05, 0) is 25.2 Å². The average Bonchev–Trinajstić information content (AvgIpc) is 2.97. The van der Waals surface area contributed by atoms with E-state index in [-0.39, 0.29) is 14.5 Å². The van der Waals surface area contributed by atoms with Crippen molar-refractivity contribution in [3.63, 3.8) is 0 Å². The van der Waals surface area contributed by atoms with E-state index in [1.165, 1.54) is 17.9 Å². The van der Waals surface area contributed by atoms with Crippen LogP contribution in [0.5, 0.6) is 0 Å². The lowest BCUT2D eigenvalue weighted by molar-refractivity contribution is 0.0697. The number of hydrogen-bond donors (Lipinski definition) is 2. The van der Waals surface area contributed by atoms with Crippen molar-refractivity contribution in [2.75, 3.05) is 12.8 Å². The SMILES string of the molecule is CSC1(CNS(=O)(=O)c2cc(C(=O)O)cs2)CCCCC1. The molecule has 2 rings (SSSR count). The van der Waals surface area contributed by atoms with Gasteiger partial charge in [0.2, 0.25) is 10.0 Å². The summed E-state index contributed by atoms with van der Waals surface area (Å²) in [5.41, 5.74) is 0.0117. The van der Waals surface area contributed by atoms with E-state index in [1.807, 2.05) is 6.26 Å². The van der Waals surface area contributed by atoms with Crippen molar-refractivity contribution < 1.29 is 18.3 Å². The molecule has 5 nitrogen and oxygen atoms in total. The van der Waals surface area contributed by atoms with Gasteiger partial charge in [0.15, 0.2) is 0 Å². The van der Waals surface area contributed by atoms with Crippen LogP contribution in [0.4, 0.5) is 0 Å². The molecule has 0 aliphatic heterocycles. The van der Waals surface area contributed by atoms with Crippen molar-refractivity contribution in [2.24, 2.45) is 0 Å². The molecule has 0 aromatic carbocycles. The fourth-order valence-electron chi connectivity index (χ4n) is 2.52. The van der Waals surface area contributed by atoms with E-state index in [2.05, 4.69) is 4.72 Å². The number of thioether (sulfide) groups is 1. The van der Waals surface area contributed by atoms with Gasteiger partial charge in [-0.15, -0.1) is 11.3 Å². The van der Waals surface area contributed by atoms with Crippen LogP contribution in [-0.2, 0) is 10.0 Å². The molecule has 0 amide bonds. The molecule has 1 fully saturated rings. The predicted molar refractivity (Wildman–Crippen MR) is 85.8 cm³/mol. The Hall–Kier alpha value is -0.570. The lowest BCUT2D eigenvalue weighted by Crippen LogP contribution is -2.41. The van der Waals surface area contributed by atoms with E-state index >= 15 is 0 Å². The van der Waals surface area contributed by atoms with E-state index in [9.17, 15) is 13.2 Å². The second-order valence-electron chi connectivity index (χ2n) is 5.23. The summed E-state index contributed by atoms with van der Waals surface area (Å²) in [5, 5.41) is 10.2. The minimum absolute atomic E-state index is 0.0117. The second-order valence-corrected chi connectivity index (χ2v) is 9.41. The molecule has 0 atom stereocenters. The number of rotatable bonds is 6. The highest BCUT2D eigenvalue weighted by atomic mass is 32.2. The third-order valence-electron chi connectivity index (χ3n) is 3.87. The molecule has 21 heavy (non-hydrogen) atoms. The van der Waals surface area contributed by atoms with Crippen molar-refractivity contribution in [1.29, 1.82) is 0 Å². The van der Waals surface area contributed by atoms with Gasteiger partial charge in [-0.2, -0.15) is 11.8 Å². The highest BCUT2D eigenvalue weighted by Gasteiger charge is 2.33. The molecule has 118 valence electrons. The van der Waals surface area contributed by atoms with Gasteiger partial charge in [-0.3, -0.25) is 0 Å². The molecule has 0 unspecified atom stereocenters. The van der Waals surface area contributed by atoms with E-state index in [4.69, 9.17) is 5.11 Å². The van der Waals surface area contributed by atoms with Gasteiger partial charge >= 0.3 is 5.97 Å². The summed E-state index contributed by atoms with van der Waals surface area (Å²) in [6, 6.07) is 1.21. The summed E-state index contributed by atoms with van der Waals surface area (Å²) >= 11 is 2.66. The van der Waals surface area contributed by atoms with Gasteiger partial charge in [0, 0.05) is 16.7 Å². The number of thiophene rings is 1. The predicted octanol–water partition coefficient (Wildman–Crippen LogP) is 2.79. The molecule has 1 aromatic heterocycles. The second kappa shape index (κ2) is 6.68. The van der Waals surface area contributed by atoms with Gasteiger partial charge in [-0.25, -0.2) is 17.9 Å². The zero-order chi connectivity index (χ0) is 15.5. The van der Waals surface area contributed by atoms with E-state index < -0.39 is 16.0 Å². The summed E-state index contributed by atoms with van der Waals surface area (Å²) < 4.78 is 27.2. The Balaban J connectivity index is 2.07. The molecule has 0 saturated heterocycles. The monoisotopic (exact) mass is 349 g/mol. The Morgan fingerprint density at radius 2 is 2.10 bits per heavy atom. The molecule has 0 spiro atoms. The minimum atomic E-state index is -3.63. The maximum atomic E-state index is 12.3. The first kappa shape index (κ1) is 16.8. The number of aromatic carboxylic acids is 1. The normalized spacial score (nSPS) is 18.5. The van der Waals surface area contributed by atoms with E-state index in [0.717, 1.165) is 37.0 Å². The van der Waals surface area contributed by atoms with Gasteiger partial charge in [-0.1, -0.05) is 19.3 Å². The first-order valence-electron chi connectivity index (χ1n) is 6.75. The zero-order valence-corrected chi connectivity index (χ0v) is 14.2. The van der Waals surface area contributed by atoms with Crippen LogP contribution in [0.1, 0.15) is 42.5 Å². The summed E-state index contributed by atoms with van der Waals surface area (Å²) in [6.45, 7) is 0.400. The topological polar surface area (TPSA) is 83.5 Å². The summed E-state index contributed by atoms with van der Waals surface area (Å²) in [6.07, 6.45) is 7.52.